The molecule has 0 bridgehead atoms. The number of nitrogens with zero attached hydrogens (tertiary/aromatic N) is 2. The third-order valence-corrected chi connectivity index (χ3v) is 2.39. The molecule has 3 heteroatoms. The molecule has 0 unspecified atom stereocenters. The third kappa shape index (κ3) is 4.04. The van der Waals surface area contributed by atoms with Crippen molar-refractivity contribution in [1.29, 1.82) is 0 Å². The molecule has 0 saturated carbocycles. The van der Waals surface area contributed by atoms with Crippen LogP contribution in [-0.2, 0) is 13.0 Å². The second-order valence-corrected chi connectivity index (χ2v) is 3.54. The van der Waals surface area contributed by atoms with E-state index in [-0.39, 0.29) is 0 Å². The minimum atomic E-state index is 0.667. The Morgan fingerprint density at radius 2 is 1.88 bits per heavy atom. The molecule has 2 rings (SSSR count). The summed E-state index contributed by atoms with van der Waals surface area (Å²) in [5.74, 6) is 0. The van der Waals surface area contributed by atoms with Crippen LogP contribution in [0.5, 0.6) is 0 Å². The first kappa shape index (κ1) is 13.5. The Morgan fingerprint density at radius 3 is 2.53 bits per heavy atom. The first-order valence-electron chi connectivity index (χ1n) is 6.13. The Kier molecular flexibility index (Phi) is 6.04. The lowest BCUT2D eigenvalue weighted by molar-refractivity contribution is 0.733. The van der Waals surface area contributed by atoms with Gasteiger partial charge in [0, 0.05) is 24.9 Å². The smallest absolute Gasteiger partial charge is 0.0951 e. The molecule has 0 fully saturated rings. The van der Waals surface area contributed by atoms with Crippen LogP contribution in [-0.4, -0.2) is 16.1 Å². The van der Waals surface area contributed by atoms with Gasteiger partial charge in [0.25, 0.3) is 0 Å². The van der Waals surface area contributed by atoms with Gasteiger partial charge in [-0.1, -0.05) is 44.2 Å². The highest BCUT2D eigenvalue weighted by atomic mass is 15.0. The van der Waals surface area contributed by atoms with E-state index in [4.69, 9.17) is 5.73 Å². The maximum atomic E-state index is 5.54. The van der Waals surface area contributed by atoms with Crippen LogP contribution in [0.1, 0.15) is 25.1 Å². The highest BCUT2D eigenvalue weighted by Gasteiger charge is 2.01. The SMILES string of the molecule is CC.NCCc1cncn1Cc1ccccc1. The maximum absolute atomic E-state index is 5.54. The van der Waals surface area contributed by atoms with Gasteiger partial charge in [-0.15, -0.1) is 0 Å². The molecule has 3 nitrogen and oxygen atoms in total. The zero-order chi connectivity index (χ0) is 12.5. The van der Waals surface area contributed by atoms with E-state index < -0.39 is 0 Å². The lowest BCUT2D eigenvalue weighted by Gasteiger charge is -2.06. The first-order chi connectivity index (χ1) is 8.40. The van der Waals surface area contributed by atoms with Crippen molar-refractivity contribution in [1.82, 2.24) is 9.55 Å². The van der Waals surface area contributed by atoms with Crippen LogP contribution in [0.4, 0.5) is 0 Å². The molecule has 0 atom stereocenters. The van der Waals surface area contributed by atoms with Crippen LogP contribution in [0.25, 0.3) is 0 Å². The summed E-state index contributed by atoms with van der Waals surface area (Å²) in [4.78, 5) is 4.14. The topological polar surface area (TPSA) is 43.8 Å². The van der Waals surface area contributed by atoms with E-state index in [1.807, 2.05) is 32.4 Å². The maximum Gasteiger partial charge on any atom is 0.0951 e. The Hall–Kier alpha value is -1.61. The van der Waals surface area contributed by atoms with Crippen LogP contribution in [0.2, 0.25) is 0 Å². The molecule has 0 saturated heterocycles. The Morgan fingerprint density at radius 1 is 1.18 bits per heavy atom. The lowest BCUT2D eigenvalue weighted by Crippen LogP contribution is -2.09. The summed E-state index contributed by atoms with van der Waals surface area (Å²) in [6.45, 7) is 5.54. The fourth-order valence-electron chi connectivity index (χ4n) is 1.63. The Balaban J connectivity index is 0.000000686. The zero-order valence-corrected chi connectivity index (χ0v) is 10.6. The summed E-state index contributed by atoms with van der Waals surface area (Å²) in [5.41, 5.74) is 8.02. The molecule has 1 aromatic carbocycles. The fraction of sp³-hybridized carbons (Fsp3) is 0.357. The Labute approximate surface area is 103 Å². The van der Waals surface area contributed by atoms with Gasteiger partial charge < -0.3 is 10.3 Å². The summed E-state index contributed by atoms with van der Waals surface area (Å²) in [6, 6.07) is 10.4. The van der Waals surface area contributed by atoms with Gasteiger partial charge >= 0.3 is 0 Å². The number of hydrogen-bond donors (Lipinski definition) is 1. The molecule has 0 radical (unpaired) electrons. The summed E-state index contributed by atoms with van der Waals surface area (Å²) >= 11 is 0. The van der Waals surface area contributed by atoms with Crippen molar-refractivity contribution in [2.45, 2.75) is 26.8 Å². The molecule has 0 spiro atoms. The van der Waals surface area contributed by atoms with E-state index >= 15 is 0 Å². The molecule has 17 heavy (non-hydrogen) atoms. The van der Waals surface area contributed by atoms with Gasteiger partial charge in [-0.3, -0.25) is 0 Å². The fourth-order valence-corrected chi connectivity index (χ4v) is 1.63. The van der Waals surface area contributed by atoms with Crippen molar-refractivity contribution in [2.24, 2.45) is 5.73 Å². The van der Waals surface area contributed by atoms with Crippen molar-refractivity contribution in [3.05, 3.63) is 54.1 Å². The summed E-state index contributed by atoms with van der Waals surface area (Å²) < 4.78 is 2.14. The van der Waals surface area contributed by atoms with Gasteiger partial charge in [-0.05, 0) is 12.1 Å². The number of nitrogens with two attached hydrogens (primary N) is 1. The lowest BCUT2D eigenvalue weighted by atomic mass is 10.2. The Bertz CT molecular complexity index is 406. The minimum absolute atomic E-state index is 0.667. The summed E-state index contributed by atoms with van der Waals surface area (Å²) in [5, 5.41) is 0. The second-order valence-electron chi connectivity index (χ2n) is 3.54. The van der Waals surface area contributed by atoms with E-state index in [1.165, 1.54) is 11.3 Å². The molecule has 0 aliphatic rings. The van der Waals surface area contributed by atoms with Gasteiger partial charge in [-0.2, -0.15) is 0 Å². The predicted octanol–water partition coefficient (Wildman–Crippen LogP) is 2.46. The van der Waals surface area contributed by atoms with Crippen LogP contribution < -0.4 is 5.73 Å². The molecule has 1 heterocycles. The molecule has 0 aliphatic carbocycles. The van der Waals surface area contributed by atoms with Gasteiger partial charge in [-0.25, -0.2) is 4.98 Å². The minimum Gasteiger partial charge on any atom is -0.330 e. The zero-order valence-electron chi connectivity index (χ0n) is 10.6. The molecular weight excluding hydrogens is 210 g/mol. The number of hydrogen-bond acceptors (Lipinski definition) is 2. The predicted molar refractivity (Wildman–Crippen MR) is 71.9 cm³/mol. The van der Waals surface area contributed by atoms with Crippen molar-refractivity contribution in [3.63, 3.8) is 0 Å². The van der Waals surface area contributed by atoms with Crippen molar-refractivity contribution < 1.29 is 0 Å². The number of rotatable bonds is 4. The monoisotopic (exact) mass is 231 g/mol. The molecule has 0 amide bonds. The standard InChI is InChI=1S/C12H15N3.C2H6/c13-7-6-12-8-14-10-15(12)9-11-4-2-1-3-5-11;1-2/h1-5,8,10H,6-7,9,13H2;1-2H3. The van der Waals surface area contributed by atoms with E-state index in [0.29, 0.717) is 6.54 Å². The van der Waals surface area contributed by atoms with Crippen molar-refractivity contribution in [3.8, 4) is 0 Å². The molecule has 0 aliphatic heterocycles. The van der Waals surface area contributed by atoms with Gasteiger partial charge in [0.1, 0.15) is 0 Å². The quantitative estimate of drug-likeness (QED) is 0.878. The van der Waals surface area contributed by atoms with E-state index in [9.17, 15) is 0 Å². The van der Waals surface area contributed by atoms with E-state index in [1.54, 1.807) is 0 Å². The van der Waals surface area contributed by atoms with Gasteiger partial charge in [0.2, 0.25) is 0 Å². The van der Waals surface area contributed by atoms with Crippen LogP contribution in [0.3, 0.4) is 0 Å². The van der Waals surface area contributed by atoms with Crippen LogP contribution >= 0.6 is 0 Å². The second kappa shape index (κ2) is 7.63. The van der Waals surface area contributed by atoms with Crippen LogP contribution in [0.15, 0.2) is 42.9 Å². The molecule has 92 valence electrons. The molecule has 2 N–H and O–H groups in total. The molecule has 1 aromatic heterocycles. The number of benzene rings is 1. The van der Waals surface area contributed by atoms with Gasteiger partial charge in [0.05, 0.1) is 6.33 Å². The first-order valence-corrected chi connectivity index (χ1v) is 6.13. The van der Waals surface area contributed by atoms with E-state index in [0.717, 1.165) is 13.0 Å². The van der Waals surface area contributed by atoms with Crippen molar-refractivity contribution in [2.75, 3.05) is 6.54 Å². The normalized spacial score (nSPS) is 9.59. The number of aromatic nitrogens is 2. The van der Waals surface area contributed by atoms with Gasteiger partial charge in [0.15, 0.2) is 0 Å². The number of imidazole rings is 1. The summed E-state index contributed by atoms with van der Waals surface area (Å²) in [7, 11) is 0. The third-order valence-electron chi connectivity index (χ3n) is 2.39. The van der Waals surface area contributed by atoms with Crippen LogP contribution in [0, 0.1) is 0 Å². The average molecular weight is 231 g/mol. The highest BCUT2D eigenvalue weighted by Crippen LogP contribution is 2.06. The molecular formula is C14H21N3. The largest absolute Gasteiger partial charge is 0.330 e. The highest BCUT2D eigenvalue weighted by molar-refractivity contribution is 5.16. The summed E-state index contributed by atoms with van der Waals surface area (Å²) in [6.07, 6.45) is 4.63. The van der Waals surface area contributed by atoms with E-state index in [2.05, 4.69) is 33.8 Å². The average Bonchev–Trinajstić information content (AvgIpc) is 2.81. The van der Waals surface area contributed by atoms with Crippen molar-refractivity contribution >= 4 is 0 Å². The molecule has 2 aromatic rings.